The van der Waals surface area contributed by atoms with Crippen molar-refractivity contribution in [3.63, 3.8) is 0 Å². The first-order valence-electron chi connectivity index (χ1n) is 6.64. The number of nitrogens with one attached hydrogen (secondary N) is 2. The monoisotopic (exact) mass is 263 g/mol. The number of guanidine groups is 1. The van der Waals surface area contributed by atoms with E-state index in [1.54, 1.807) is 7.11 Å². The fourth-order valence-corrected chi connectivity index (χ4v) is 1.60. The van der Waals surface area contributed by atoms with Crippen LogP contribution in [0, 0.1) is 0 Å². The molecule has 2 N–H and O–H groups in total. The number of methoxy groups -OCH3 is 1. The molecule has 0 saturated carbocycles. The fourth-order valence-electron chi connectivity index (χ4n) is 1.60. The average molecular weight is 263 g/mol. The first-order chi connectivity index (χ1) is 8.94. The molecule has 106 valence electrons. The number of hydrogen-bond acceptors (Lipinski definition) is 2. The molecule has 0 aliphatic rings. The Kier molecular flexibility index (Phi) is 5.67. The molecule has 0 saturated heterocycles. The minimum Gasteiger partial charge on any atom is -0.497 e. The zero-order valence-corrected chi connectivity index (χ0v) is 12.6. The van der Waals surface area contributed by atoms with E-state index in [4.69, 9.17) is 4.74 Å². The summed E-state index contributed by atoms with van der Waals surface area (Å²) in [4.78, 5) is 4.58. The van der Waals surface area contributed by atoms with Gasteiger partial charge in [-0.25, -0.2) is 4.99 Å². The molecule has 0 aliphatic carbocycles. The first-order valence-corrected chi connectivity index (χ1v) is 6.64. The van der Waals surface area contributed by atoms with E-state index in [2.05, 4.69) is 43.3 Å². The predicted molar refractivity (Wildman–Crippen MR) is 80.7 cm³/mol. The van der Waals surface area contributed by atoms with Gasteiger partial charge in [-0.3, -0.25) is 0 Å². The van der Waals surface area contributed by atoms with Crippen molar-refractivity contribution < 1.29 is 4.74 Å². The van der Waals surface area contributed by atoms with E-state index in [-0.39, 0.29) is 5.54 Å². The third kappa shape index (κ3) is 6.13. The van der Waals surface area contributed by atoms with E-state index >= 15 is 0 Å². The van der Waals surface area contributed by atoms with Crippen LogP contribution in [-0.2, 0) is 6.54 Å². The summed E-state index contributed by atoms with van der Waals surface area (Å²) in [5.41, 5.74) is 1.13. The largest absolute Gasteiger partial charge is 0.497 e. The highest BCUT2D eigenvalue weighted by Gasteiger charge is 2.11. The lowest BCUT2D eigenvalue weighted by Crippen LogP contribution is -2.47. The molecule has 0 radical (unpaired) electrons. The van der Waals surface area contributed by atoms with E-state index < -0.39 is 0 Å². The second-order valence-electron chi connectivity index (χ2n) is 5.42. The van der Waals surface area contributed by atoms with Crippen molar-refractivity contribution in [1.82, 2.24) is 10.6 Å². The Labute approximate surface area is 116 Å². The minimum atomic E-state index is -0.00458. The third-order valence-electron chi connectivity index (χ3n) is 2.39. The molecular weight excluding hydrogens is 238 g/mol. The molecule has 0 unspecified atom stereocenters. The van der Waals surface area contributed by atoms with E-state index in [1.165, 1.54) is 0 Å². The summed E-state index contributed by atoms with van der Waals surface area (Å²) in [6, 6.07) is 7.97. The standard InChI is InChI=1S/C15H25N3O/c1-6-16-14(18-15(2,3)4)17-11-12-8-7-9-13(10-12)19-5/h7-10H,6,11H2,1-5H3,(H2,16,17,18). The van der Waals surface area contributed by atoms with Crippen molar-refractivity contribution in [2.24, 2.45) is 4.99 Å². The van der Waals surface area contributed by atoms with Gasteiger partial charge < -0.3 is 15.4 Å². The molecular formula is C15H25N3O. The molecule has 4 nitrogen and oxygen atoms in total. The van der Waals surface area contributed by atoms with Crippen molar-refractivity contribution in [2.45, 2.75) is 39.8 Å². The van der Waals surface area contributed by atoms with E-state index in [1.807, 2.05) is 24.3 Å². The Balaban J connectivity index is 2.73. The molecule has 1 aromatic carbocycles. The van der Waals surface area contributed by atoms with Gasteiger partial charge in [-0.1, -0.05) is 12.1 Å². The molecule has 0 fully saturated rings. The zero-order valence-electron chi connectivity index (χ0n) is 12.6. The molecule has 0 spiro atoms. The van der Waals surface area contributed by atoms with Crippen LogP contribution in [0.4, 0.5) is 0 Å². The Morgan fingerprint density at radius 1 is 1.32 bits per heavy atom. The van der Waals surface area contributed by atoms with Crippen LogP contribution in [0.5, 0.6) is 5.75 Å². The van der Waals surface area contributed by atoms with E-state index in [9.17, 15) is 0 Å². The number of aliphatic imine (C=N–C) groups is 1. The van der Waals surface area contributed by atoms with Gasteiger partial charge in [0.1, 0.15) is 5.75 Å². The zero-order chi connectivity index (χ0) is 14.3. The van der Waals surface area contributed by atoms with Crippen LogP contribution in [0.3, 0.4) is 0 Å². The molecule has 1 aromatic rings. The number of hydrogen-bond donors (Lipinski definition) is 2. The molecule has 0 atom stereocenters. The third-order valence-corrected chi connectivity index (χ3v) is 2.39. The molecule has 0 aliphatic heterocycles. The maximum atomic E-state index is 5.21. The van der Waals surface area contributed by atoms with Gasteiger partial charge in [0, 0.05) is 12.1 Å². The Morgan fingerprint density at radius 2 is 2.05 bits per heavy atom. The quantitative estimate of drug-likeness (QED) is 0.648. The maximum absolute atomic E-state index is 5.21. The van der Waals surface area contributed by atoms with E-state index in [0.717, 1.165) is 23.8 Å². The van der Waals surface area contributed by atoms with Gasteiger partial charge in [0.15, 0.2) is 5.96 Å². The molecule has 1 rings (SSSR count). The lowest BCUT2D eigenvalue weighted by molar-refractivity contribution is 0.414. The maximum Gasteiger partial charge on any atom is 0.191 e. The Morgan fingerprint density at radius 3 is 2.63 bits per heavy atom. The summed E-state index contributed by atoms with van der Waals surface area (Å²) in [6.45, 7) is 9.89. The smallest absolute Gasteiger partial charge is 0.191 e. The van der Waals surface area contributed by atoms with Crippen molar-refractivity contribution >= 4 is 5.96 Å². The van der Waals surface area contributed by atoms with Crippen LogP contribution in [-0.4, -0.2) is 25.2 Å². The summed E-state index contributed by atoms with van der Waals surface area (Å²) in [5.74, 6) is 1.69. The molecule has 19 heavy (non-hydrogen) atoms. The summed E-state index contributed by atoms with van der Waals surface area (Å²) < 4.78 is 5.21. The van der Waals surface area contributed by atoms with Crippen molar-refractivity contribution in [1.29, 1.82) is 0 Å². The van der Waals surface area contributed by atoms with Gasteiger partial charge in [-0.15, -0.1) is 0 Å². The second-order valence-corrected chi connectivity index (χ2v) is 5.42. The highest BCUT2D eigenvalue weighted by atomic mass is 16.5. The molecule has 0 aromatic heterocycles. The summed E-state index contributed by atoms with van der Waals surface area (Å²) in [7, 11) is 1.67. The van der Waals surface area contributed by atoms with Crippen molar-refractivity contribution in [2.75, 3.05) is 13.7 Å². The van der Waals surface area contributed by atoms with Crippen LogP contribution in [0.15, 0.2) is 29.3 Å². The number of benzene rings is 1. The van der Waals surface area contributed by atoms with Gasteiger partial charge in [0.2, 0.25) is 0 Å². The second kappa shape index (κ2) is 7.02. The Hall–Kier alpha value is -1.71. The fraction of sp³-hybridized carbons (Fsp3) is 0.533. The highest BCUT2D eigenvalue weighted by Crippen LogP contribution is 2.13. The van der Waals surface area contributed by atoms with Gasteiger partial charge >= 0.3 is 0 Å². The minimum absolute atomic E-state index is 0.00458. The molecule has 4 heteroatoms. The summed E-state index contributed by atoms with van der Waals surface area (Å²) in [5, 5.41) is 6.61. The summed E-state index contributed by atoms with van der Waals surface area (Å²) in [6.07, 6.45) is 0. The predicted octanol–water partition coefficient (Wildman–Crippen LogP) is 2.55. The van der Waals surface area contributed by atoms with Crippen LogP contribution in [0.2, 0.25) is 0 Å². The number of nitrogens with zero attached hydrogens (tertiary/aromatic N) is 1. The van der Waals surface area contributed by atoms with Gasteiger partial charge in [-0.05, 0) is 45.4 Å². The lowest BCUT2D eigenvalue weighted by Gasteiger charge is -2.23. The van der Waals surface area contributed by atoms with Crippen molar-refractivity contribution in [3.05, 3.63) is 29.8 Å². The molecule has 0 bridgehead atoms. The average Bonchev–Trinajstić information content (AvgIpc) is 2.35. The van der Waals surface area contributed by atoms with Crippen LogP contribution in [0.1, 0.15) is 33.3 Å². The number of ether oxygens (including phenoxy) is 1. The topological polar surface area (TPSA) is 45.7 Å². The van der Waals surface area contributed by atoms with Crippen LogP contribution >= 0.6 is 0 Å². The lowest BCUT2D eigenvalue weighted by atomic mass is 10.1. The number of rotatable bonds is 4. The van der Waals surface area contributed by atoms with E-state index in [0.29, 0.717) is 6.54 Å². The van der Waals surface area contributed by atoms with Crippen molar-refractivity contribution in [3.8, 4) is 5.75 Å². The van der Waals surface area contributed by atoms with Crippen LogP contribution in [0.25, 0.3) is 0 Å². The molecule has 0 heterocycles. The van der Waals surface area contributed by atoms with Gasteiger partial charge in [0.05, 0.1) is 13.7 Å². The van der Waals surface area contributed by atoms with Gasteiger partial charge in [-0.2, -0.15) is 0 Å². The SMILES string of the molecule is CCNC(=NCc1cccc(OC)c1)NC(C)(C)C. The van der Waals surface area contributed by atoms with Gasteiger partial charge in [0.25, 0.3) is 0 Å². The summed E-state index contributed by atoms with van der Waals surface area (Å²) >= 11 is 0. The Bertz CT molecular complexity index is 422. The van der Waals surface area contributed by atoms with Crippen LogP contribution < -0.4 is 15.4 Å². The first kappa shape index (κ1) is 15.3. The normalized spacial score (nSPS) is 12.2. The molecule has 0 amide bonds. The highest BCUT2D eigenvalue weighted by molar-refractivity contribution is 5.80.